The fourth-order valence-corrected chi connectivity index (χ4v) is 4.89. The third-order valence-corrected chi connectivity index (χ3v) is 7.81. The van der Waals surface area contributed by atoms with Crippen LogP contribution in [0.1, 0.15) is 43.9 Å². The number of rotatable bonds is 10. The molecule has 4 rings (SSSR count). The first-order valence-corrected chi connectivity index (χ1v) is 13.7. The Morgan fingerprint density at radius 2 is 1.86 bits per heavy atom. The largest absolute Gasteiger partial charge is 0.477 e. The van der Waals surface area contributed by atoms with E-state index in [-0.39, 0.29) is 29.5 Å². The maximum atomic E-state index is 13.7. The minimum absolute atomic E-state index is 0.00166. The first kappa shape index (κ1) is 25.8. The van der Waals surface area contributed by atoms with Gasteiger partial charge in [-0.3, -0.25) is 14.8 Å². The van der Waals surface area contributed by atoms with Crippen molar-refractivity contribution >= 4 is 15.6 Å². The number of ether oxygens (including phenoxy) is 2. The molecule has 10 nitrogen and oxygen atoms in total. The van der Waals surface area contributed by atoms with Gasteiger partial charge in [0.15, 0.2) is 15.6 Å². The molecule has 0 atom stereocenters. The fraction of sp³-hybridized carbons (Fsp3) is 0.440. The molecule has 4 heterocycles. The monoisotopic (exact) mass is 511 g/mol. The van der Waals surface area contributed by atoms with E-state index in [9.17, 15) is 13.2 Å². The molecule has 0 N–H and O–H groups in total. The van der Waals surface area contributed by atoms with Gasteiger partial charge in [0.1, 0.15) is 11.6 Å². The van der Waals surface area contributed by atoms with Crippen LogP contribution in [0.15, 0.2) is 43.0 Å². The normalized spacial score (nSPS) is 15.4. The lowest BCUT2D eigenvalue weighted by Gasteiger charge is -2.35. The molecular weight excluding hydrogens is 482 g/mol. The molecule has 0 aliphatic carbocycles. The van der Waals surface area contributed by atoms with Crippen molar-refractivity contribution in [2.45, 2.75) is 44.3 Å². The summed E-state index contributed by atoms with van der Waals surface area (Å²) in [5.74, 6) is 0.348. The Kier molecular flexibility index (Phi) is 8.00. The molecule has 190 valence electrons. The molecule has 0 unspecified atom stereocenters. The summed E-state index contributed by atoms with van der Waals surface area (Å²) in [6.45, 7) is 4.79. The van der Waals surface area contributed by atoms with Gasteiger partial charge in [-0.25, -0.2) is 23.4 Å². The third-order valence-electron chi connectivity index (χ3n) is 6.23. The van der Waals surface area contributed by atoms with Gasteiger partial charge in [0.2, 0.25) is 5.88 Å². The van der Waals surface area contributed by atoms with Gasteiger partial charge in [0, 0.05) is 49.0 Å². The SMILES string of the molecule is CCOc1cncc(-c2ccc(CC(=O)C3(c4ccnc(CS(=O)(=O)CC)n4)CCOCC3)nc2)n1. The van der Waals surface area contributed by atoms with E-state index >= 15 is 0 Å². The topological polar surface area (TPSA) is 134 Å². The molecule has 1 aliphatic heterocycles. The van der Waals surface area contributed by atoms with Crippen LogP contribution in [-0.4, -0.2) is 64.7 Å². The van der Waals surface area contributed by atoms with Crippen LogP contribution in [0, 0.1) is 0 Å². The van der Waals surface area contributed by atoms with E-state index in [1.807, 2.05) is 13.0 Å². The summed E-state index contributed by atoms with van der Waals surface area (Å²) >= 11 is 0. The number of ketones is 1. The van der Waals surface area contributed by atoms with E-state index in [1.165, 1.54) is 6.20 Å². The number of aromatic nitrogens is 5. The van der Waals surface area contributed by atoms with Crippen molar-refractivity contribution in [2.75, 3.05) is 25.6 Å². The second-order valence-corrected chi connectivity index (χ2v) is 10.9. The summed E-state index contributed by atoms with van der Waals surface area (Å²) < 4.78 is 35.2. The van der Waals surface area contributed by atoms with Crippen LogP contribution < -0.4 is 4.74 Å². The number of Topliss-reactive ketones (excluding diaryl/α,β-unsaturated/α-hetero) is 1. The molecule has 3 aromatic rings. The van der Waals surface area contributed by atoms with Crippen molar-refractivity contribution in [2.24, 2.45) is 0 Å². The van der Waals surface area contributed by atoms with Crippen molar-refractivity contribution in [3.05, 3.63) is 60.2 Å². The Morgan fingerprint density at radius 3 is 2.56 bits per heavy atom. The quantitative estimate of drug-likeness (QED) is 0.400. The van der Waals surface area contributed by atoms with E-state index in [1.54, 1.807) is 37.6 Å². The number of carbonyl (C=O) groups is 1. The molecule has 3 aromatic heterocycles. The minimum Gasteiger partial charge on any atom is -0.477 e. The van der Waals surface area contributed by atoms with E-state index < -0.39 is 15.3 Å². The molecule has 0 bridgehead atoms. The molecule has 0 saturated carbocycles. The number of hydrogen-bond acceptors (Lipinski definition) is 10. The Hall–Kier alpha value is -3.31. The molecule has 1 fully saturated rings. The van der Waals surface area contributed by atoms with Crippen LogP contribution in [0.3, 0.4) is 0 Å². The Morgan fingerprint density at radius 1 is 1.06 bits per heavy atom. The van der Waals surface area contributed by atoms with Crippen molar-refractivity contribution < 1.29 is 22.7 Å². The van der Waals surface area contributed by atoms with Gasteiger partial charge >= 0.3 is 0 Å². The molecule has 36 heavy (non-hydrogen) atoms. The smallest absolute Gasteiger partial charge is 0.232 e. The van der Waals surface area contributed by atoms with Crippen LogP contribution in [0.5, 0.6) is 5.88 Å². The van der Waals surface area contributed by atoms with Gasteiger partial charge in [-0.15, -0.1) is 0 Å². The van der Waals surface area contributed by atoms with Crippen LogP contribution >= 0.6 is 0 Å². The van der Waals surface area contributed by atoms with E-state index in [0.29, 0.717) is 55.6 Å². The highest BCUT2D eigenvalue weighted by Crippen LogP contribution is 2.36. The van der Waals surface area contributed by atoms with Crippen molar-refractivity contribution in [3.8, 4) is 17.1 Å². The number of carbonyl (C=O) groups excluding carboxylic acids is 1. The van der Waals surface area contributed by atoms with E-state index in [4.69, 9.17) is 9.47 Å². The highest BCUT2D eigenvalue weighted by Gasteiger charge is 2.43. The Balaban J connectivity index is 1.57. The maximum Gasteiger partial charge on any atom is 0.232 e. The minimum atomic E-state index is -3.30. The zero-order chi connectivity index (χ0) is 25.6. The van der Waals surface area contributed by atoms with Gasteiger partial charge < -0.3 is 9.47 Å². The zero-order valence-electron chi connectivity index (χ0n) is 20.4. The van der Waals surface area contributed by atoms with Gasteiger partial charge in [0.25, 0.3) is 0 Å². The second-order valence-electron chi connectivity index (χ2n) is 8.54. The molecule has 0 amide bonds. The number of sulfone groups is 1. The molecule has 1 aliphatic rings. The number of nitrogens with zero attached hydrogens (tertiary/aromatic N) is 5. The summed E-state index contributed by atoms with van der Waals surface area (Å²) in [6.07, 6.45) is 7.40. The molecule has 0 spiro atoms. The lowest BCUT2D eigenvalue weighted by molar-refractivity contribution is -0.127. The predicted octanol–water partition coefficient (Wildman–Crippen LogP) is 2.52. The van der Waals surface area contributed by atoms with E-state index in [0.717, 1.165) is 5.56 Å². The van der Waals surface area contributed by atoms with Gasteiger partial charge in [-0.05, 0) is 38.0 Å². The Bertz CT molecular complexity index is 1310. The predicted molar refractivity (Wildman–Crippen MR) is 132 cm³/mol. The lowest BCUT2D eigenvalue weighted by Crippen LogP contribution is -2.43. The number of hydrogen-bond donors (Lipinski definition) is 0. The van der Waals surface area contributed by atoms with Crippen molar-refractivity contribution in [1.29, 1.82) is 0 Å². The highest BCUT2D eigenvalue weighted by atomic mass is 32.2. The molecule has 11 heteroatoms. The summed E-state index contributed by atoms with van der Waals surface area (Å²) in [4.78, 5) is 35.4. The number of pyridine rings is 1. The summed E-state index contributed by atoms with van der Waals surface area (Å²) in [5.41, 5.74) is 1.66. The first-order valence-electron chi connectivity index (χ1n) is 11.9. The maximum absolute atomic E-state index is 13.7. The lowest BCUT2D eigenvalue weighted by atomic mass is 9.72. The summed E-state index contributed by atoms with van der Waals surface area (Å²) in [7, 11) is -3.30. The van der Waals surface area contributed by atoms with Gasteiger partial charge in [0.05, 0.1) is 35.8 Å². The van der Waals surface area contributed by atoms with E-state index in [2.05, 4.69) is 24.9 Å². The molecule has 0 radical (unpaired) electrons. The van der Waals surface area contributed by atoms with Crippen LogP contribution in [0.25, 0.3) is 11.3 Å². The molecular formula is C25H29N5O5S. The zero-order valence-corrected chi connectivity index (χ0v) is 21.2. The first-order chi connectivity index (χ1) is 17.3. The highest BCUT2D eigenvalue weighted by molar-refractivity contribution is 7.90. The van der Waals surface area contributed by atoms with Crippen LogP contribution in [-0.2, 0) is 37.0 Å². The van der Waals surface area contributed by atoms with Crippen LogP contribution in [0.4, 0.5) is 0 Å². The molecule has 1 saturated heterocycles. The second kappa shape index (κ2) is 11.2. The van der Waals surface area contributed by atoms with Gasteiger partial charge in [-0.2, -0.15) is 0 Å². The van der Waals surface area contributed by atoms with Crippen molar-refractivity contribution in [3.63, 3.8) is 0 Å². The van der Waals surface area contributed by atoms with Gasteiger partial charge in [-0.1, -0.05) is 6.92 Å². The molecule has 0 aromatic carbocycles. The third kappa shape index (κ3) is 5.90. The van der Waals surface area contributed by atoms with Crippen LogP contribution in [0.2, 0.25) is 0 Å². The average molecular weight is 512 g/mol. The van der Waals surface area contributed by atoms with Crippen molar-refractivity contribution in [1.82, 2.24) is 24.9 Å². The summed E-state index contributed by atoms with van der Waals surface area (Å²) in [5, 5.41) is 0. The average Bonchev–Trinajstić information content (AvgIpc) is 2.90. The summed E-state index contributed by atoms with van der Waals surface area (Å²) in [6, 6.07) is 5.35. The Labute approximate surface area is 210 Å². The standard InChI is InChI=1S/C25H29N5O5S/c1-3-35-24-16-26-15-20(29-24)18-5-6-19(28-14-18)13-22(31)25(8-11-34-12-9-25)21-7-10-27-23(30-21)17-36(32,33)4-2/h5-7,10,14-16H,3-4,8-9,11-13,17H2,1-2H3. The fourth-order valence-electron chi connectivity index (χ4n) is 4.15.